The van der Waals surface area contributed by atoms with Crippen molar-refractivity contribution in [3.8, 4) is 17.3 Å². The van der Waals surface area contributed by atoms with Gasteiger partial charge in [-0.15, -0.1) is 5.10 Å². The van der Waals surface area contributed by atoms with Gasteiger partial charge in [0.15, 0.2) is 17.3 Å². The van der Waals surface area contributed by atoms with Crippen LogP contribution in [-0.4, -0.2) is 43.8 Å². The highest BCUT2D eigenvalue weighted by Gasteiger charge is 2.25. The molecule has 0 amide bonds. The predicted molar refractivity (Wildman–Crippen MR) is 114 cm³/mol. The lowest BCUT2D eigenvalue weighted by Gasteiger charge is -2.32. The highest BCUT2D eigenvalue weighted by atomic mass is 16.6. The minimum atomic E-state index is -0.0788. The summed E-state index contributed by atoms with van der Waals surface area (Å²) in [6, 6.07) is 10.1. The van der Waals surface area contributed by atoms with Crippen LogP contribution < -0.4 is 20.3 Å². The maximum atomic E-state index is 12.4. The van der Waals surface area contributed by atoms with Crippen LogP contribution in [0.2, 0.25) is 0 Å². The molecule has 1 atom stereocenters. The smallest absolute Gasteiger partial charge is 0.267 e. The summed E-state index contributed by atoms with van der Waals surface area (Å²) in [5.41, 5.74) is 1.11. The molecule has 0 spiro atoms. The molecule has 9 nitrogen and oxygen atoms in total. The molecule has 0 bridgehead atoms. The van der Waals surface area contributed by atoms with Crippen molar-refractivity contribution in [3.05, 3.63) is 58.9 Å². The second-order valence-corrected chi connectivity index (χ2v) is 8.11. The van der Waals surface area contributed by atoms with Gasteiger partial charge in [0.05, 0.1) is 6.04 Å². The molecule has 1 aliphatic heterocycles. The van der Waals surface area contributed by atoms with Crippen LogP contribution >= 0.6 is 0 Å². The lowest BCUT2D eigenvalue weighted by Crippen LogP contribution is -2.38. The van der Waals surface area contributed by atoms with Crippen LogP contribution in [0.15, 0.2) is 47.8 Å². The lowest BCUT2D eigenvalue weighted by molar-refractivity contribution is 0.171. The summed E-state index contributed by atoms with van der Waals surface area (Å²) in [4.78, 5) is 16.4. The predicted octanol–water partition coefficient (Wildman–Crippen LogP) is 2.43. The van der Waals surface area contributed by atoms with Gasteiger partial charge in [-0.1, -0.05) is 6.07 Å². The average Bonchev–Trinajstić information content (AvgIpc) is 3.35. The molecule has 2 aliphatic rings. The van der Waals surface area contributed by atoms with E-state index in [0.717, 1.165) is 37.2 Å². The van der Waals surface area contributed by atoms with Gasteiger partial charge in [-0.3, -0.25) is 4.79 Å². The van der Waals surface area contributed by atoms with E-state index in [9.17, 15) is 4.79 Å². The summed E-state index contributed by atoms with van der Waals surface area (Å²) in [6.07, 6.45) is 6.81. The fraction of sp³-hybridized carbons (Fsp3) is 0.455. The van der Waals surface area contributed by atoms with E-state index < -0.39 is 0 Å². The van der Waals surface area contributed by atoms with E-state index in [2.05, 4.69) is 39.6 Å². The summed E-state index contributed by atoms with van der Waals surface area (Å²) in [7, 11) is 0. The van der Waals surface area contributed by atoms with Crippen LogP contribution in [0.25, 0.3) is 5.82 Å². The topological polar surface area (TPSA) is 96.1 Å². The molecule has 5 rings (SSSR count). The standard InChI is InChI=1S/C22H26N6O3/c1-15(16-2-7-19-20(12-16)31-11-10-30-19)25-17-3-5-18(6-4-17)28-22(29)9-8-21(26-28)27-14-23-13-24-27/h2,7-9,12-15,17-18,25H,3-6,10-11H2,1H3. The second-order valence-electron chi connectivity index (χ2n) is 8.11. The molecule has 1 fully saturated rings. The van der Waals surface area contributed by atoms with E-state index in [1.165, 1.54) is 11.9 Å². The van der Waals surface area contributed by atoms with Crippen LogP contribution in [0, 0.1) is 0 Å². The van der Waals surface area contributed by atoms with Gasteiger partial charge in [0.1, 0.15) is 25.9 Å². The number of nitrogens with zero attached hydrogens (tertiary/aromatic N) is 5. The number of hydrogen-bond acceptors (Lipinski definition) is 7. The third kappa shape index (κ3) is 4.18. The molecule has 0 saturated heterocycles. The van der Waals surface area contributed by atoms with Crippen LogP contribution in [0.4, 0.5) is 0 Å². The number of ether oxygens (including phenoxy) is 2. The van der Waals surface area contributed by atoms with Crippen LogP contribution in [-0.2, 0) is 0 Å². The Bertz CT molecular complexity index is 1090. The maximum absolute atomic E-state index is 12.4. The molecule has 3 aromatic rings. The second kappa shape index (κ2) is 8.50. The fourth-order valence-corrected chi connectivity index (χ4v) is 4.39. The number of fused-ring (bicyclic) bond motifs is 1. The summed E-state index contributed by atoms with van der Waals surface area (Å²) in [5.74, 6) is 2.23. The normalized spacial score (nSPS) is 21.6. The van der Waals surface area contributed by atoms with Crippen molar-refractivity contribution in [1.82, 2.24) is 29.9 Å². The van der Waals surface area contributed by atoms with E-state index in [0.29, 0.717) is 25.1 Å². The Morgan fingerprint density at radius 3 is 2.65 bits per heavy atom. The van der Waals surface area contributed by atoms with Gasteiger partial charge in [0.25, 0.3) is 5.56 Å². The van der Waals surface area contributed by atoms with Crippen molar-refractivity contribution < 1.29 is 9.47 Å². The molecule has 1 N–H and O–H groups in total. The Kier molecular flexibility index (Phi) is 5.42. The largest absolute Gasteiger partial charge is 0.486 e. The first kappa shape index (κ1) is 19.7. The molecule has 1 unspecified atom stereocenters. The Morgan fingerprint density at radius 1 is 1.06 bits per heavy atom. The zero-order valence-electron chi connectivity index (χ0n) is 17.5. The third-order valence-electron chi connectivity index (χ3n) is 6.06. The lowest BCUT2D eigenvalue weighted by atomic mass is 9.90. The first-order valence-electron chi connectivity index (χ1n) is 10.8. The third-order valence-corrected chi connectivity index (χ3v) is 6.06. The molecule has 9 heteroatoms. The molecule has 2 aromatic heterocycles. The van der Waals surface area contributed by atoms with Crippen LogP contribution in [0.3, 0.4) is 0 Å². The van der Waals surface area contributed by atoms with E-state index in [4.69, 9.17) is 9.47 Å². The number of aromatic nitrogens is 5. The number of nitrogens with one attached hydrogen (secondary N) is 1. The van der Waals surface area contributed by atoms with Gasteiger partial charge in [-0.2, -0.15) is 5.10 Å². The van der Waals surface area contributed by atoms with Crippen molar-refractivity contribution in [2.75, 3.05) is 13.2 Å². The van der Waals surface area contributed by atoms with E-state index in [1.807, 2.05) is 6.07 Å². The Hall–Kier alpha value is -3.20. The molecule has 31 heavy (non-hydrogen) atoms. The molecule has 1 aromatic carbocycles. The highest BCUT2D eigenvalue weighted by Crippen LogP contribution is 2.34. The van der Waals surface area contributed by atoms with E-state index in [1.54, 1.807) is 27.8 Å². The van der Waals surface area contributed by atoms with Gasteiger partial charge < -0.3 is 14.8 Å². The van der Waals surface area contributed by atoms with E-state index in [-0.39, 0.29) is 17.6 Å². The molecular weight excluding hydrogens is 396 g/mol. The molecular formula is C22H26N6O3. The minimum Gasteiger partial charge on any atom is -0.486 e. The zero-order chi connectivity index (χ0) is 21.2. The zero-order valence-corrected chi connectivity index (χ0v) is 17.5. The molecule has 1 saturated carbocycles. The van der Waals surface area contributed by atoms with Crippen molar-refractivity contribution in [1.29, 1.82) is 0 Å². The van der Waals surface area contributed by atoms with Gasteiger partial charge in [-0.25, -0.2) is 14.3 Å². The molecule has 162 valence electrons. The molecule has 1 aliphatic carbocycles. The SMILES string of the molecule is CC(NC1CCC(n2nc(-n3cncn3)ccc2=O)CC1)c1ccc2c(c1)OCCO2. The summed E-state index contributed by atoms with van der Waals surface area (Å²) >= 11 is 0. The maximum Gasteiger partial charge on any atom is 0.267 e. The Balaban J connectivity index is 1.22. The fourth-order valence-electron chi connectivity index (χ4n) is 4.39. The van der Waals surface area contributed by atoms with Gasteiger partial charge in [0.2, 0.25) is 0 Å². The summed E-state index contributed by atoms with van der Waals surface area (Å²) in [6.45, 7) is 3.36. The number of benzene rings is 1. The number of hydrogen-bond donors (Lipinski definition) is 1. The van der Waals surface area contributed by atoms with Crippen molar-refractivity contribution >= 4 is 0 Å². The van der Waals surface area contributed by atoms with Crippen molar-refractivity contribution in [2.24, 2.45) is 0 Å². The first-order chi connectivity index (χ1) is 15.2. The highest BCUT2D eigenvalue weighted by molar-refractivity contribution is 5.44. The quantitative estimate of drug-likeness (QED) is 0.675. The summed E-state index contributed by atoms with van der Waals surface area (Å²) in [5, 5.41) is 12.4. The average molecular weight is 422 g/mol. The van der Waals surface area contributed by atoms with Gasteiger partial charge in [-0.05, 0) is 56.4 Å². The number of rotatable bonds is 5. The first-order valence-corrected chi connectivity index (χ1v) is 10.8. The van der Waals surface area contributed by atoms with Crippen molar-refractivity contribution in [3.63, 3.8) is 0 Å². The minimum absolute atomic E-state index is 0.0788. The molecule has 3 heterocycles. The van der Waals surface area contributed by atoms with Crippen LogP contribution in [0.5, 0.6) is 11.5 Å². The van der Waals surface area contributed by atoms with Gasteiger partial charge >= 0.3 is 0 Å². The monoisotopic (exact) mass is 422 g/mol. The Morgan fingerprint density at radius 2 is 1.87 bits per heavy atom. The Labute approximate surface area is 180 Å². The van der Waals surface area contributed by atoms with Crippen LogP contribution in [0.1, 0.15) is 50.3 Å². The molecule has 0 radical (unpaired) electrons. The summed E-state index contributed by atoms with van der Waals surface area (Å²) < 4.78 is 14.5. The van der Waals surface area contributed by atoms with Gasteiger partial charge in [0, 0.05) is 18.2 Å². The van der Waals surface area contributed by atoms with E-state index >= 15 is 0 Å². The van der Waals surface area contributed by atoms with Crippen molar-refractivity contribution in [2.45, 2.75) is 50.7 Å².